The Bertz CT molecular complexity index is 172. The lowest BCUT2D eigenvalue weighted by atomic mass is 9.86. The molecule has 1 aliphatic rings. The molecule has 0 saturated heterocycles. The van der Waals surface area contributed by atoms with Crippen molar-refractivity contribution >= 4 is 17.0 Å². The van der Waals surface area contributed by atoms with Crippen LogP contribution in [0.4, 0.5) is 4.79 Å². The van der Waals surface area contributed by atoms with Crippen LogP contribution in [0, 0.1) is 5.92 Å². The summed E-state index contributed by atoms with van der Waals surface area (Å²) in [6.45, 7) is 2.23. The minimum Gasteiger partial charge on any atom is -0.329 e. The highest BCUT2D eigenvalue weighted by atomic mass is 35.5. The summed E-state index contributed by atoms with van der Waals surface area (Å²) in [5.41, 5.74) is 0. The molecule has 0 aromatic rings. The van der Waals surface area contributed by atoms with Crippen LogP contribution in [0.25, 0.3) is 0 Å². The second-order valence-corrected chi connectivity index (χ2v) is 4.11. The molecule has 0 aromatic carbocycles. The van der Waals surface area contributed by atoms with Crippen LogP contribution in [0.15, 0.2) is 0 Å². The first-order valence-electron chi connectivity index (χ1n) is 4.53. The fraction of sp³-hybridized carbons (Fsp3) is 0.889. The molecule has 0 aromatic heterocycles. The number of hydrogen-bond donors (Lipinski definition) is 0. The molecule has 2 atom stereocenters. The van der Waals surface area contributed by atoms with Crippen molar-refractivity contribution in [3.63, 3.8) is 0 Å². The summed E-state index contributed by atoms with van der Waals surface area (Å²) in [6.07, 6.45) is 4.73. The largest absolute Gasteiger partial charge is 0.329 e. The quantitative estimate of drug-likeness (QED) is 0.459. The average Bonchev–Trinajstić information content (AvgIpc) is 2.03. The molecule has 12 heavy (non-hydrogen) atoms. The Morgan fingerprint density at radius 2 is 2.17 bits per heavy atom. The third-order valence-corrected chi connectivity index (χ3v) is 3.00. The van der Waals surface area contributed by atoms with Crippen LogP contribution in [0.3, 0.4) is 0 Å². The highest BCUT2D eigenvalue weighted by molar-refractivity contribution is 6.62. The predicted octanol–water partition coefficient (Wildman–Crippen LogP) is 2.86. The lowest BCUT2D eigenvalue weighted by molar-refractivity contribution is 0.179. The van der Waals surface area contributed by atoms with E-state index < -0.39 is 0 Å². The van der Waals surface area contributed by atoms with Crippen molar-refractivity contribution in [3.05, 3.63) is 0 Å². The van der Waals surface area contributed by atoms with Crippen molar-refractivity contribution in [2.75, 3.05) is 7.05 Å². The second-order valence-electron chi connectivity index (χ2n) is 3.79. The highest BCUT2D eigenvalue weighted by Gasteiger charge is 2.24. The van der Waals surface area contributed by atoms with Gasteiger partial charge in [-0.3, -0.25) is 4.79 Å². The number of carbonyl (C=O) groups excluding carboxylic acids is 1. The molecule has 0 heterocycles. The Labute approximate surface area is 78.9 Å². The number of nitrogens with zero attached hydrogens (tertiary/aromatic N) is 1. The van der Waals surface area contributed by atoms with Gasteiger partial charge in [0, 0.05) is 13.1 Å². The van der Waals surface area contributed by atoms with Crippen LogP contribution in [0.1, 0.15) is 32.6 Å². The van der Waals surface area contributed by atoms with E-state index in [9.17, 15) is 4.79 Å². The summed E-state index contributed by atoms with van der Waals surface area (Å²) in [5.74, 6) is 0.738. The molecular weight excluding hydrogens is 174 g/mol. The van der Waals surface area contributed by atoms with Gasteiger partial charge in [-0.2, -0.15) is 0 Å². The van der Waals surface area contributed by atoms with E-state index in [0.717, 1.165) is 18.8 Å². The number of halogens is 1. The van der Waals surface area contributed by atoms with E-state index in [1.165, 1.54) is 12.8 Å². The molecule has 0 radical (unpaired) electrons. The van der Waals surface area contributed by atoms with Crippen LogP contribution in [-0.4, -0.2) is 23.4 Å². The van der Waals surface area contributed by atoms with Crippen LogP contribution < -0.4 is 0 Å². The molecule has 3 heteroatoms. The van der Waals surface area contributed by atoms with Crippen LogP contribution >= 0.6 is 11.6 Å². The first-order chi connectivity index (χ1) is 5.61. The van der Waals surface area contributed by atoms with E-state index in [0.29, 0.717) is 6.04 Å². The first kappa shape index (κ1) is 9.85. The summed E-state index contributed by atoms with van der Waals surface area (Å²) in [6, 6.07) is 0.374. The standard InChI is InChI=1S/C9H16ClNO/c1-7-4-3-5-8(6-7)11(2)9(10)12/h7-8H,3-6H2,1-2H3. The van der Waals surface area contributed by atoms with Crippen molar-refractivity contribution in [1.82, 2.24) is 4.90 Å². The van der Waals surface area contributed by atoms with E-state index in [2.05, 4.69) is 6.92 Å². The topological polar surface area (TPSA) is 20.3 Å². The van der Waals surface area contributed by atoms with Gasteiger partial charge >= 0.3 is 5.37 Å². The maximum Gasteiger partial charge on any atom is 0.316 e. The van der Waals surface area contributed by atoms with Crippen molar-refractivity contribution in [2.24, 2.45) is 5.92 Å². The molecule has 0 spiro atoms. The number of hydrogen-bond acceptors (Lipinski definition) is 1. The zero-order valence-corrected chi connectivity index (χ0v) is 8.47. The Balaban J connectivity index is 2.45. The Morgan fingerprint density at radius 1 is 1.50 bits per heavy atom. The summed E-state index contributed by atoms with van der Waals surface area (Å²) >= 11 is 5.40. The molecule has 0 aliphatic heterocycles. The molecule has 1 rings (SSSR count). The maximum absolute atomic E-state index is 10.8. The molecule has 2 nitrogen and oxygen atoms in total. The molecule has 0 bridgehead atoms. The van der Waals surface area contributed by atoms with Gasteiger partial charge in [0.05, 0.1) is 0 Å². The van der Waals surface area contributed by atoms with E-state index in [1.807, 2.05) is 0 Å². The molecule has 1 aliphatic carbocycles. The summed E-state index contributed by atoms with van der Waals surface area (Å²) in [5, 5.41) is -0.325. The highest BCUT2D eigenvalue weighted by Crippen LogP contribution is 2.26. The van der Waals surface area contributed by atoms with Gasteiger partial charge in [0.1, 0.15) is 0 Å². The fourth-order valence-corrected chi connectivity index (χ4v) is 2.04. The molecule has 2 unspecified atom stereocenters. The Hall–Kier alpha value is -0.240. The molecule has 1 amide bonds. The maximum atomic E-state index is 10.8. The van der Waals surface area contributed by atoms with Gasteiger partial charge in [0.2, 0.25) is 0 Å². The fourth-order valence-electron chi connectivity index (χ4n) is 1.90. The van der Waals surface area contributed by atoms with E-state index >= 15 is 0 Å². The van der Waals surface area contributed by atoms with E-state index in [-0.39, 0.29) is 5.37 Å². The second kappa shape index (κ2) is 4.13. The normalized spacial score (nSPS) is 29.9. The lowest BCUT2D eigenvalue weighted by Gasteiger charge is -2.32. The molecule has 1 saturated carbocycles. The minimum absolute atomic E-state index is 0.325. The Morgan fingerprint density at radius 3 is 2.67 bits per heavy atom. The third-order valence-electron chi connectivity index (χ3n) is 2.73. The van der Waals surface area contributed by atoms with E-state index in [4.69, 9.17) is 11.6 Å². The first-order valence-corrected chi connectivity index (χ1v) is 4.91. The monoisotopic (exact) mass is 189 g/mol. The summed E-state index contributed by atoms with van der Waals surface area (Å²) in [7, 11) is 1.79. The molecular formula is C9H16ClNO. The van der Waals surface area contributed by atoms with Gasteiger partial charge < -0.3 is 4.90 Å². The lowest BCUT2D eigenvalue weighted by Crippen LogP contribution is -2.36. The summed E-state index contributed by atoms with van der Waals surface area (Å²) < 4.78 is 0. The summed E-state index contributed by atoms with van der Waals surface area (Å²) in [4.78, 5) is 12.5. The SMILES string of the molecule is CC1CCCC(N(C)C(=O)Cl)C1. The van der Waals surface area contributed by atoms with Gasteiger partial charge in [-0.15, -0.1) is 0 Å². The van der Waals surface area contributed by atoms with Crippen LogP contribution in [-0.2, 0) is 0 Å². The number of rotatable bonds is 1. The van der Waals surface area contributed by atoms with Crippen LogP contribution in [0.2, 0.25) is 0 Å². The number of amides is 1. The van der Waals surface area contributed by atoms with Gasteiger partial charge in [0.15, 0.2) is 0 Å². The Kier molecular flexibility index (Phi) is 3.39. The van der Waals surface area contributed by atoms with Gasteiger partial charge in [-0.05, 0) is 30.4 Å². The third kappa shape index (κ3) is 2.37. The predicted molar refractivity (Wildman–Crippen MR) is 50.4 cm³/mol. The van der Waals surface area contributed by atoms with Gasteiger partial charge in [0.25, 0.3) is 0 Å². The van der Waals surface area contributed by atoms with Crippen LogP contribution in [0.5, 0.6) is 0 Å². The van der Waals surface area contributed by atoms with Crippen molar-refractivity contribution in [1.29, 1.82) is 0 Å². The molecule has 0 N–H and O–H groups in total. The minimum atomic E-state index is -0.325. The smallest absolute Gasteiger partial charge is 0.316 e. The van der Waals surface area contributed by atoms with Crippen molar-refractivity contribution < 1.29 is 4.79 Å². The van der Waals surface area contributed by atoms with Gasteiger partial charge in [-0.25, -0.2) is 0 Å². The zero-order valence-electron chi connectivity index (χ0n) is 7.72. The average molecular weight is 190 g/mol. The van der Waals surface area contributed by atoms with Gasteiger partial charge in [-0.1, -0.05) is 19.8 Å². The van der Waals surface area contributed by atoms with E-state index in [1.54, 1.807) is 11.9 Å². The van der Waals surface area contributed by atoms with Crippen molar-refractivity contribution in [2.45, 2.75) is 38.6 Å². The number of carbonyl (C=O) groups is 1. The molecule has 70 valence electrons. The van der Waals surface area contributed by atoms with Crippen molar-refractivity contribution in [3.8, 4) is 0 Å². The zero-order chi connectivity index (χ0) is 9.14. The molecule has 1 fully saturated rings.